The van der Waals surface area contributed by atoms with Crippen molar-refractivity contribution in [2.45, 2.75) is 13.8 Å². The zero-order chi connectivity index (χ0) is 66.1. The van der Waals surface area contributed by atoms with E-state index in [0.29, 0.717) is 0 Å². The zero-order valence-electron chi connectivity index (χ0n) is 55.0. The van der Waals surface area contributed by atoms with E-state index in [4.69, 9.17) is 0 Å². The highest BCUT2D eigenvalue weighted by atomic mass is 15.2. The Morgan fingerprint density at radius 1 is 0.357 bits per heavy atom. The molecule has 4 nitrogen and oxygen atoms in total. The van der Waals surface area contributed by atoms with Gasteiger partial charge in [0.05, 0.1) is 0 Å². The van der Waals surface area contributed by atoms with E-state index in [1.54, 1.807) is 0 Å². The van der Waals surface area contributed by atoms with Crippen molar-refractivity contribution in [3.05, 3.63) is 388 Å². The van der Waals surface area contributed by atoms with E-state index in [2.05, 4.69) is 379 Å². The van der Waals surface area contributed by atoms with Gasteiger partial charge >= 0.3 is 0 Å². The molecule has 0 spiro atoms. The molecule has 2 aliphatic rings. The molecule has 2 aliphatic heterocycles. The first kappa shape index (κ1) is 60.6. The largest absolute Gasteiger partial charge is 0.315 e. The van der Waals surface area contributed by atoms with Crippen molar-refractivity contribution >= 4 is 137 Å². The molecule has 0 aliphatic carbocycles. The summed E-state index contributed by atoms with van der Waals surface area (Å²) in [6.07, 6.45) is 12.2. The van der Waals surface area contributed by atoms with Crippen molar-refractivity contribution in [3.63, 3.8) is 0 Å². The Kier molecular flexibility index (Phi) is 16.3. The number of benzene rings is 14. The Balaban J connectivity index is 0.786. The Bertz CT molecular complexity index is 5360. The minimum atomic E-state index is -0.0613. The van der Waals surface area contributed by atoms with Crippen LogP contribution >= 0.6 is 0 Å². The Morgan fingerprint density at radius 2 is 0.735 bits per heavy atom. The molecule has 0 amide bonds. The van der Waals surface area contributed by atoms with Crippen molar-refractivity contribution in [2.75, 3.05) is 19.6 Å². The lowest BCUT2D eigenvalue weighted by Crippen LogP contribution is -2.57. The topological polar surface area (TPSA) is 13.0 Å². The summed E-state index contributed by atoms with van der Waals surface area (Å²) >= 11 is 0. The molecule has 0 fully saturated rings. The average molecular weight is 1250 g/mol. The number of nitrogens with zero attached hydrogens (tertiary/aromatic N) is 4. The fraction of sp³-hybridized carbons (Fsp3) is 0.0217. The first-order valence-corrected chi connectivity index (χ1v) is 33.8. The molecular formula is C92H70B2N4. The highest BCUT2D eigenvalue weighted by Crippen LogP contribution is 2.42. The van der Waals surface area contributed by atoms with Crippen molar-refractivity contribution < 1.29 is 0 Å². The molecule has 14 aromatic carbocycles. The minimum Gasteiger partial charge on any atom is -0.315 e. The molecule has 6 heteroatoms. The lowest BCUT2D eigenvalue weighted by molar-refractivity contribution is 1.10. The lowest BCUT2D eigenvalue weighted by Gasteiger charge is -2.38. The van der Waals surface area contributed by atoms with Gasteiger partial charge in [0, 0.05) is 68.3 Å². The minimum absolute atomic E-state index is 0.0603. The number of allylic oxidation sites excluding steroid dienone is 5. The van der Waals surface area contributed by atoms with Crippen LogP contribution < -0.4 is 52.4 Å². The van der Waals surface area contributed by atoms with Crippen LogP contribution in [0.3, 0.4) is 0 Å². The van der Waals surface area contributed by atoms with Gasteiger partial charge < -0.3 is 19.6 Å². The Labute approximate surface area is 576 Å². The quantitative estimate of drug-likeness (QED) is 0.0543. The smallest absolute Gasteiger partial charge is 0.247 e. The molecule has 464 valence electrons. The third-order valence-corrected chi connectivity index (χ3v) is 19.5. The van der Waals surface area contributed by atoms with Gasteiger partial charge in [-0.05, 0) is 200 Å². The summed E-state index contributed by atoms with van der Waals surface area (Å²) in [5.74, 6) is 0. The average Bonchev–Trinajstić information content (AvgIpc) is 0.728. The standard InChI is InChI=1S/C92H70B2N4/c1-5-23-65(3)95(66(4)24-6-2)77-53-43-67(44-54-77)41-42-68-45-55-79(56-46-68)97-89-39-19-17-35-85(89)93(83-37-21-27-71-25-13-15-33-81(71)83)87-63-73(51-61-91(87)97)74-52-62-92-88(64-74)94(84-38-22-28-72-26-14-16-34-82(72)84)86-36-18-20-40-90(86)98(92)80-59-49-70(50-60-80)69-47-57-78(58-48-69)96(75-29-9-7-10-30-75)76-31-11-8-12-32-76/h5-64H,1,4H2,2-3H3. The fourth-order valence-corrected chi connectivity index (χ4v) is 15.0. The fourth-order valence-electron chi connectivity index (χ4n) is 15.0. The molecule has 98 heavy (non-hydrogen) atoms. The van der Waals surface area contributed by atoms with Gasteiger partial charge in [-0.2, -0.15) is 0 Å². The van der Waals surface area contributed by atoms with E-state index in [1.165, 1.54) is 65.7 Å². The predicted molar refractivity (Wildman–Crippen MR) is 424 cm³/mol. The Hall–Kier alpha value is -12.4. The molecule has 14 aromatic rings. The van der Waals surface area contributed by atoms with Crippen molar-refractivity contribution in [1.82, 2.24) is 0 Å². The molecule has 0 radical (unpaired) electrons. The van der Waals surface area contributed by atoms with Crippen LogP contribution in [0.1, 0.15) is 25.0 Å². The van der Waals surface area contributed by atoms with Crippen molar-refractivity contribution in [2.24, 2.45) is 0 Å². The second-order valence-electron chi connectivity index (χ2n) is 25.3. The van der Waals surface area contributed by atoms with Crippen LogP contribution in [-0.4, -0.2) is 13.4 Å². The number of rotatable bonds is 16. The molecule has 16 rings (SSSR count). The first-order chi connectivity index (χ1) is 48.4. The van der Waals surface area contributed by atoms with Crippen LogP contribution in [0.25, 0.3) is 56.0 Å². The number of fused-ring (bicyclic) bond motifs is 6. The van der Waals surface area contributed by atoms with Crippen molar-refractivity contribution in [3.8, 4) is 22.3 Å². The molecule has 0 atom stereocenters. The van der Waals surface area contributed by atoms with E-state index in [9.17, 15) is 0 Å². The monoisotopic (exact) mass is 1250 g/mol. The maximum atomic E-state index is 4.35. The third kappa shape index (κ3) is 11.3. The summed E-state index contributed by atoms with van der Waals surface area (Å²) in [7, 11) is 0. The van der Waals surface area contributed by atoms with E-state index >= 15 is 0 Å². The van der Waals surface area contributed by atoms with Crippen LogP contribution in [-0.2, 0) is 0 Å². The van der Waals surface area contributed by atoms with E-state index in [-0.39, 0.29) is 13.4 Å². The Morgan fingerprint density at radius 3 is 1.22 bits per heavy atom. The molecule has 0 saturated carbocycles. The number of para-hydroxylation sites is 4. The van der Waals surface area contributed by atoms with Crippen LogP contribution in [0.2, 0.25) is 0 Å². The summed E-state index contributed by atoms with van der Waals surface area (Å²) in [5, 5.41) is 4.97. The third-order valence-electron chi connectivity index (χ3n) is 19.5. The SMILES string of the molecule is C=CC=C(C)N(C(=C)C=CC)c1ccc(C=Cc2ccc(N3c4ccccc4B(c4cccc5ccccc45)c4cc(-c5ccc6c(c5)B(c5cccc7ccccc57)c5ccccc5N6c5ccc(-c6ccc(N(c7ccccc7)c7ccccc7)cc6)cc5)ccc43)cc2)cc1. The summed E-state index contributed by atoms with van der Waals surface area (Å²) in [5.41, 5.74) is 27.7. The van der Waals surface area contributed by atoms with Crippen LogP contribution in [0, 0.1) is 0 Å². The molecular weight excluding hydrogens is 1180 g/mol. The van der Waals surface area contributed by atoms with Gasteiger partial charge in [0.1, 0.15) is 0 Å². The van der Waals surface area contributed by atoms with E-state index < -0.39 is 0 Å². The second kappa shape index (κ2) is 26.4. The summed E-state index contributed by atoms with van der Waals surface area (Å²) < 4.78 is 0. The highest BCUT2D eigenvalue weighted by molar-refractivity contribution is 7.00. The van der Waals surface area contributed by atoms with Gasteiger partial charge in [0.15, 0.2) is 0 Å². The molecule has 0 saturated heterocycles. The molecule has 0 N–H and O–H groups in total. The van der Waals surface area contributed by atoms with E-state index in [1.807, 2.05) is 31.2 Å². The number of hydrogen-bond acceptors (Lipinski definition) is 4. The van der Waals surface area contributed by atoms with Crippen LogP contribution in [0.15, 0.2) is 376 Å². The van der Waals surface area contributed by atoms with Gasteiger partial charge in [-0.15, -0.1) is 0 Å². The summed E-state index contributed by atoms with van der Waals surface area (Å²) in [4.78, 5) is 9.42. The maximum Gasteiger partial charge on any atom is 0.247 e. The van der Waals surface area contributed by atoms with Gasteiger partial charge in [-0.3, -0.25) is 0 Å². The molecule has 2 heterocycles. The number of hydrogen-bond donors (Lipinski definition) is 0. The number of anilines is 10. The maximum absolute atomic E-state index is 4.35. The van der Waals surface area contributed by atoms with Gasteiger partial charge in [0.2, 0.25) is 13.4 Å². The van der Waals surface area contributed by atoms with Crippen LogP contribution in [0.5, 0.6) is 0 Å². The van der Waals surface area contributed by atoms with Gasteiger partial charge in [0.25, 0.3) is 0 Å². The van der Waals surface area contributed by atoms with Gasteiger partial charge in [-0.1, -0.05) is 279 Å². The molecule has 0 aromatic heterocycles. The predicted octanol–water partition coefficient (Wildman–Crippen LogP) is 20.6. The molecule has 0 bridgehead atoms. The lowest BCUT2D eigenvalue weighted by atomic mass is 9.34. The highest BCUT2D eigenvalue weighted by Gasteiger charge is 2.39. The van der Waals surface area contributed by atoms with E-state index in [0.717, 1.165) is 90.3 Å². The van der Waals surface area contributed by atoms with Gasteiger partial charge in [-0.25, -0.2) is 0 Å². The molecule has 0 unspecified atom stereocenters. The van der Waals surface area contributed by atoms with Crippen molar-refractivity contribution in [1.29, 1.82) is 0 Å². The second-order valence-corrected chi connectivity index (χ2v) is 25.3. The normalized spacial score (nSPS) is 12.6. The zero-order valence-corrected chi connectivity index (χ0v) is 55.0. The first-order valence-electron chi connectivity index (χ1n) is 33.8. The van der Waals surface area contributed by atoms with Crippen LogP contribution in [0.4, 0.5) is 56.9 Å². The summed E-state index contributed by atoms with van der Waals surface area (Å²) in [6, 6.07) is 121. The summed E-state index contributed by atoms with van der Waals surface area (Å²) in [6.45, 7) is 12.2.